The molecule has 0 saturated heterocycles. The molecule has 0 spiro atoms. The van der Waals surface area contributed by atoms with E-state index in [-0.39, 0.29) is 0 Å². The first-order valence-electron chi connectivity index (χ1n) is 5.06. The minimum atomic E-state index is 0.820. The van der Waals surface area contributed by atoms with Crippen molar-refractivity contribution in [3.8, 4) is 0 Å². The van der Waals surface area contributed by atoms with Crippen LogP contribution in [0.3, 0.4) is 0 Å². The van der Waals surface area contributed by atoms with Crippen molar-refractivity contribution in [2.45, 2.75) is 6.54 Å². The zero-order valence-corrected chi connectivity index (χ0v) is 9.12. The standard InChI is InChI=1S/C11H16N4/c1-12-7-13-6-9-3-4-11-10(5-9)14-8-15(11)2/h3-5,8,12-13H,6-7H2,1-2H3. The Bertz CT molecular complexity index is 447. The number of nitrogens with zero attached hydrogens (tertiary/aromatic N) is 2. The lowest BCUT2D eigenvalue weighted by molar-refractivity contribution is 0.632. The highest BCUT2D eigenvalue weighted by molar-refractivity contribution is 5.75. The van der Waals surface area contributed by atoms with E-state index in [4.69, 9.17) is 0 Å². The summed E-state index contributed by atoms with van der Waals surface area (Å²) < 4.78 is 2.03. The van der Waals surface area contributed by atoms with Crippen LogP contribution in [-0.4, -0.2) is 23.3 Å². The van der Waals surface area contributed by atoms with Gasteiger partial charge in [0, 0.05) is 20.3 Å². The molecule has 0 amide bonds. The average molecular weight is 204 g/mol. The number of hydrogen-bond donors (Lipinski definition) is 2. The Morgan fingerprint density at radius 1 is 1.40 bits per heavy atom. The number of aryl methyl sites for hydroxylation is 1. The average Bonchev–Trinajstić information content (AvgIpc) is 2.61. The summed E-state index contributed by atoms with van der Waals surface area (Å²) in [5.41, 5.74) is 3.49. The topological polar surface area (TPSA) is 41.9 Å². The molecule has 2 rings (SSSR count). The monoisotopic (exact) mass is 204 g/mol. The Hall–Kier alpha value is -1.39. The fourth-order valence-corrected chi connectivity index (χ4v) is 1.62. The van der Waals surface area contributed by atoms with Crippen LogP contribution in [0.2, 0.25) is 0 Å². The Morgan fingerprint density at radius 2 is 2.27 bits per heavy atom. The highest BCUT2D eigenvalue weighted by atomic mass is 15.0. The molecule has 0 fully saturated rings. The zero-order chi connectivity index (χ0) is 10.7. The number of fused-ring (bicyclic) bond motifs is 1. The summed E-state index contributed by atoms with van der Waals surface area (Å²) in [6, 6.07) is 6.36. The van der Waals surface area contributed by atoms with Crippen LogP contribution in [0.15, 0.2) is 24.5 Å². The van der Waals surface area contributed by atoms with Gasteiger partial charge < -0.3 is 15.2 Å². The molecule has 0 radical (unpaired) electrons. The maximum absolute atomic E-state index is 4.33. The van der Waals surface area contributed by atoms with Gasteiger partial charge in [0.25, 0.3) is 0 Å². The maximum Gasteiger partial charge on any atom is 0.0955 e. The lowest BCUT2D eigenvalue weighted by Gasteiger charge is -2.03. The molecule has 2 N–H and O–H groups in total. The van der Waals surface area contributed by atoms with Gasteiger partial charge >= 0.3 is 0 Å². The minimum absolute atomic E-state index is 0.820. The number of nitrogens with one attached hydrogen (secondary N) is 2. The van der Waals surface area contributed by atoms with Gasteiger partial charge in [-0.15, -0.1) is 0 Å². The molecular formula is C11H16N4. The molecule has 0 aliphatic heterocycles. The fraction of sp³-hybridized carbons (Fsp3) is 0.364. The molecule has 1 aromatic carbocycles. The molecule has 4 heteroatoms. The van der Waals surface area contributed by atoms with Gasteiger partial charge in [-0.25, -0.2) is 4.98 Å². The highest BCUT2D eigenvalue weighted by Gasteiger charge is 2.00. The molecule has 4 nitrogen and oxygen atoms in total. The van der Waals surface area contributed by atoms with E-state index < -0.39 is 0 Å². The largest absolute Gasteiger partial charge is 0.334 e. The molecule has 0 saturated carbocycles. The quantitative estimate of drug-likeness (QED) is 0.573. The predicted octanol–water partition coefficient (Wildman–Crippen LogP) is 0.840. The molecule has 0 bridgehead atoms. The molecule has 1 heterocycles. The third kappa shape index (κ3) is 2.16. The molecule has 0 atom stereocenters. The normalized spacial score (nSPS) is 11.1. The van der Waals surface area contributed by atoms with E-state index in [9.17, 15) is 0 Å². The van der Waals surface area contributed by atoms with Crippen LogP contribution in [0.5, 0.6) is 0 Å². The van der Waals surface area contributed by atoms with E-state index in [1.807, 2.05) is 25.0 Å². The van der Waals surface area contributed by atoms with Crippen molar-refractivity contribution in [2.24, 2.45) is 7.05 Å². The first kappa shape index (κ1) is 10.1. The molecule has 80 valence electrons. The molecule has 0 unspecified atom stereocenters. The van der Waals surface area contributed by atoms with E-state index in [1.54, 1.807) is 0 Å². The van der Waals surface area contributed by atoms with Gasteiger partial charge in [0.2, 0.25) is 0 Å². The number of hydrogen-bond acceptors (Lipinski definition) is 3. The summed E-state index contributed by atoms with van der Waals surface area (Å²) in [4.78, 5) is 4.33. The second kappa shape index (κ2) is 4.42. The van der Waals surface area contributed by atoms with E-state index in [0.717, 1.165) is 18.7 Å². The van der Waals surface area contributed by atoms with Crippen LogP contribution in [0, 0.1) is 0 Å². The van der Waals surface area contributed by atoms with Crippen LogP contribution < -0.4 is 10.6 Å². The first-order chi connectivity index (χ1) is 7.31. The summed E-state index contributed by atoms with van der Waals surface area (Å²) in [6.07, 6.45) is 1.84. The summed E-state index contributed by atoms with van der Waals surface area (Å²) >= 11 is 0. The first-order valence-corrected chi connectivity index (χ1v) is 5.06. The lowest BCUT2D eigenvalue weighted by Crippen LogP contribution is -2.25. The number of aromatic nitrogens is 2. The van der Waals surface area contributed by atoms with Crippen molar-refractivity contribution in [2.75, 3.05) is 13.7 Å². The van der Waals surface area contributed by atoms with Gasteiger partial charge in [0.05, 0.1) is 17.4 Å². The Balaban J connectivity index is 2.16. The molecule has 1 aromatic heterocycles. The molecule has 2 aromatic rings. The van der Waals surface area contributed by atoms with E-state index in [2.05, 4.69) is 33.8 Å². The van der Waals surface area contributed by atoms with Gasteiger partial charge in [-0.1, -0.05) is 6.07 Å². The SMILES string of the molecule is CNCNCc1ccc2c(c1)ncn2C. The summed E-state index contributed by atoms with van der Waals surface area (Å²) in [7, 11) is 3.93. The number of imidazole rings is 1. The molecular weight excluding hydrogens is 188 g/mol. The van der Waals surface area contributed by atoms with E-state index >= 15 is 0 Å². The van der Waals surface area contributed by atoms with E-state index in [1.165, 1.54) is 11.1 Å². The zero-order valence-electron chi connectivity index (χ0n) is 9.12. The second-order valence-corrected chi connectivity index (χ2v) is 3.64. The van der Waals surface area contributed by atoms with Crippen LogP contribution in [-0.2, 0) is 13.6 Å². The number of rotatable bonds is 4. The second-order valence-electron chi connectivity index (χ2n) is 3.64. The van der Waals surface area contributed by atoms with E-state index in [0.29, 0.717) is 0 Å². The molecule has 0 aliphatic rings. The highest BCUT2D eigenvalue weighted by Crippen LogP contribution is 2.13. The van der Waals surface area contributed by atoms with Crippen molar-refractivity contribution in [1.29, 1.82) is 0 Å². The van der Waals surface area contributed by atoms with Crippen molar-refractivity contribution in [1.82, 2.24) is 20.2 Å². The third-order valence-corrected chi connectivity index (χ3v) is 2.42. The van der Waals surface area contributed by atoms with Crippen LogP contribution in [0.4, 0.5) is 0 Å². The minimum Gasteiger partial charge on any atom is -0.334 e. The lowest BCUT2D eigenvalue weighted by atomic mass is 10.2. The van der Waals surface area contributed by atoms with Gasteiger partial charge in [-0.2, -0.15) is 0 Å². The third-order valence-electron chi connectivity index (χ3n) is 2.42. The van der Waals surface area contributed by atoms with Crippen LogP contribution >= 0.6 is 0 Å². The van der Waals surface area contributed by atoms with Gasteiger partial charge in [-0.05, 0) is 24.7 Å². The fourth-order valence-electron chi connectivity index (χ4n) is 1.62. The van der Waals surface area contributed by atoms with Gasteiger partial charge in [-0.3, -0.25) is 0 Å². The Labute approximate surface area is 89.3 Å². The summed E-state index contributed by atoms with van der Waals surface area (Å²) in [5.74, 6) is 0. The van der Waals surface area contributed by atoms with Crippen LogP contribution in [0.25, 0.3) is 11.0 Å². The summed E-state index contributed by atoms with van der Waals surface area (Å²) in [5, 5.41) is 6.33. The predicted molar refractivity (Wildman–Crippen MR) is 61.5 cm³/mol. The van der Waals surface area contributed by atoms with Crippen molar-refractivity contribution < 1.29 is 0 Å². The maximum atomic E-state index is 4.33. The van der Waals surface area contributed by atoms with Crippen molar-refractivity contribution >= 4 is 11.0 Å². The Morgan fingerprint density at radius 3 is 3.07 bits per heavy atom. The molecule has 15 heavy (non-hydrogen) atoms. The molecule has 0 aliphatic carbocycles. The van der Waals surface area contributed by atoms with Gasteiger partial charge in [0.15, 0.2) is 0 Å². The Kier molecular flexibility index (Phi) is 2.99. The van der Waals surface area contributed by atoms with Gasteiger partial charge in [0.1, 0.15) is 0 Å². The smallest absolute Gasteiger partial charge is 0.0955 e. The van der Waals surface area contributed by atoms with Crippen molar-refractivity contribution in [3.05, 3.63) is 30.1 Å². The number of benzene rings is 1. The summed E-state index contributed by atoms with van der Waals surface area (Å²) in [6.45, 7) is 1.69. The van der Waals surface area contributed by atoms with Crippen molar-refractivity contribution in [3.63, 3.8) is 0 Å². The van der Waals surface area contributed by atoms with Crippen LogP contribution in [0.1, 0.15) is 5.56 Å².